The number of nitrogens with zero attached hydrogens (tertiary/aromatic N) is 3. The summed E-state index contributed by atoms with van der Waals surface area (Å²) >= 11 is 0. The average molecular weight is 312 g/mol. The lowest BCUT2D eigenvalue weighted by atomic mass is 10.2. The Balaban J connectivity index is 1.56. The minimum absolute atomic E-state index is 0.126. The smallest absolute Gasteiger partial charge is 0.323 e. The lowest BCUT2D eigenvalue weighted by Gasteiger charge is -2.36. The molecule has 1 fully saturated rings. The van der Waals surface area contributed by atoms with Gasteiger partial charge in [-0.3, -0.25) is 5.32 Å². The number of carbonyl (C=O) groups excluding carboxylic acids is 1. The highest BCUT2D eigenvalue weighted by molar-refractivity contribution is 5.88. The number of nitrogens with one attached hydrogen (secondary N) is 1. The Morgan fingerprint density at radius 3 is 2.48 bits per heavy atom. The van der Waals surface area contributed by atoms with Gasteiger partial charge in [-0.1, -0.05) is 24.3 Å². The maximum atomic E-state index is 12.3. The van der Waals surface area contributed by atoms with Crippen molar-refractivity contribution in [2.75, 3.05) is 43.5 Å². The second kappa shape index (κ2) is 7.00. The molecule has 0 aliphatic carbocycles. The van der Waals surface area contributed by atoms with Gasteiger partial charge in [-0.05, 0) is 18.2 Å². The Labute approximate surface area is 135 Å². The van der Waals surface area contributed by atoms with Crippen molar-refractivity contribution in [1.29, 1.82) is 0 Å². The molecule has 0 radical (unpaired) electrons. The van der Waals surface area contributed by atoms with Crippen LogP contribution < -0.4 is 15.0 Å². The van der Waals surface area contributed by atoms with E-state index in [9.17, 15) is 4.79 Å². The molecule has 0 bridgehead atoms. The molecule has 1 N–H and O–H groups in total. The molecule has 3 rings (SSSR count). The van der Waals surface area contributed by atoms with Crippen molar-refractivity contribution in [1.82, 2.24) is 9.88 Å². The van der Waals surface area contributed by atoms with Crippen LogP contribution in [0.3, 0.4) is 0 Å². The standard InChI is InChI=1S/C17H20N4O2/c1-23-16-9-5-8-15(18-16)19-17(22)21-12-10-20(11-13-21)14-6-3-2-4-7-14/h2-9H,10-13H2,1H3,(H,18,19,22). The number of benzene rings is 1. The number of ether oxygens (including phenoxy) is 1. The predicted molar refractivity (Wildman–Crippen MR) is 90.0 cm³/mol. The van der Waals surface area contributed by atoms with Crippen LogP contribution >= 0.6 is 0 Å². The number of piperazine rings is 1. The van der Waals surface area contributed by atoms with E-state index >= 15 is 0 Å². The number of aromatic nitrogens is 1. The molecule has 1 aliphatic heterocycles. The molecule has 2 aromatic rings. The number of rotatable bonds is 3. The van der Waals surface area contributed by atoms with Crippen molar-refractivity contribution >= 4 is 17.5 Å². The fraction of sp³-hybridized carbons (Fsp3) is 0.294. The lowest BCUT2D eigenvalue weighted by Crippen LogP contribution is -2.50. The summed E-state index contributed by atoms with van der Waals surface area (Å²) in [5.74, 6) is 0.983. The van der Waals surface area contributed by atoms with Crippen LogP contribution in [0, 0.1) is 0 Å². The molecule has 0 spiro atoms. The molecule has 1 saturated heterocycles. The second-order valence-corrected chi connectivity index (χ2v) is 5.30. The molecule has 1 aromatic carbocycles. The Morgan fingerprint density at radius 2 is 1.78 bits per heavy atom. The monoisotopic (exact) mass is 312 g/mol. The highest BCUT2D eigenvalue weighted by atomic mass is 16.5. The number of anilines is 2. The molecular formula is C17H20N4O2. The highest BCUT2D eigenvalue weighted by Gasteiger charge is 2.21. The van der Waals surface area contributed by atoms with Gasteiger partial charge in [0.1, 0.15) is 5.82 Å². The lowest BCUT2D eigenvalue weighted by molar-refractivity contribution is 0.208. The summed E-state index contributed by atoms with van der Waals surface area (Å²) in [6, 6.07) is 15.4. The number of hydrogen-bond donors (Lipinski definition) is 1. The van der Waals surface area contributed by atoms with E-state index in [0.717, 1.165) is 13.1 Å². The molecule has 1 aliphatic rings. The number of hydrogen-bond acceptors (Lipinski definition) is 4. The first-order chi connectivity index (χ1) is 11.3. The van der Waals surface area contributed by atoms with Gasteiger partial charge in [0, 0.05) is 37.9 Å². The molecule has 6 heteroatoms. The fourth-order valence-corrected chi connectivity index (χ4v) is 2.59. The van der Waals surface area contributed by atoms with Crippen LogP contribution in [0.15, 0.2) is 48.5 Å². The Bertz CT molecular complexity index is 655. The van der Waals surface area contributed by atoms with Gasteiger partial charge in [0.05, 0.1) is 7.11 Å². The van der Waals surface area contributed by atoms with Gasteiger partial charge < -0.3 is 14.5 Å². The fourth-order valence-electron chi connectivity index (χ4n) is 2.59. The second-order valence-electron chi connectivity index (χ2n) is 5.30. The predicted octanol–water partition coefficient (Wildman–Crippen LogP) is 2.44. The van der Waals surface area contributed by atoms with Gasteiger partial charge in [0.25, 0.3) is 0 Å². The zero-order valence-corrected chi connectivity index (χ0v) is 13.1. The third-order valence-electron chi connectivity index (χ3n) is 3.86. The Hall–Kier alpha value is -2.76. The third-order valence-corrected chi connectivity index (χ3v) is 3.86. The SMILES string of the molecule is COc1cccc(NC(=O)N2CCN(c3ccccc3)CC2)n1. The summed E-state index contributed by atoms with van der Waals surface area (Å²) in [5, 5.41) is 2.82. The Morgan fingerprint density at radius 1 is 1.04 bits per heavy atom. The summed E-state index contributed by atoms with van der Waals surface area (Å²) < 4.78 is 5.06. The Kier molecular flexibility index (Phi) is 4.61. The molecule has 6 nitrogen and oxygen atoms in total. The van der Waals surface area contributed by atoms with Crippen LogP contribution in [0.5, 0.6) is 5.88 Å². The molecule has 0 unspecified atom stereocenters. The topological polar surface area (TPSA) is 57.7 Å². The van der Waals surface area contributed by atoms with Gasteiger partial charge in [0.2, 0.25) is 5.88 Å². The van der Waals surface area contributed by atoms with E-state index in [4.69, 9.17) is 4.74 Å². The van der Waals surface area contributed by atoms with E-state index in [1.165, 1.54) is 5.69 Å². The van der Waals surface area contributed by atoms with Crippen molar-refractivity contribution in [3.63, 3.8) is 0 Å². The number of carbonyl (C=O) groups is 1. The number of methoxy groups -OCH3 is 1. The maximum absolute atomic E-state index is 12.3. The number of amides is 2. The molecule has 1 aromatic heterocycles. The molecule has 0 saturated carbocycles. The summed E-state index contributed by atoms with van der Waals surface area (Å²) in [6.07, 6.45) is 0. The van der Waals surface area contributed by atoms with Gasteiger partial charge in [0.15, 0.2) is 0 Å². The maximum Gasteiger partial charge on any atom is 0.323 e. The average Bonchev–Trinajstić information content (AvgIpc) is 2.63. The zero-order chi connectivity index (χ0) is 16.1. The zero-order valence-electron chi connectivity index (χ0n) is 13.1. The quantitative estimate of drug-likeness (QED) is 0.946. The third kappa shape index (κ3) is 3.71. The van der Waals surface area contributed by atoms with E-state index in [0.29, 0.717) is 24.8 Å². The molecule has 2 amide bonds. The van der Waals surface area contributed by atoms with Crippen molar-refractivity contribution in [2.24, 2.45) is 0 Å². The van der Waals surface area contributed by atoms with Gasteiger partial charge in [-0.25, -0.2) is 4.79 Å². The van der Waals surface area contributed by atoms with Crippen LogP contribution in [0.25, 0.3) is 0 Å². The first-order valence-electron chi connectivity index (χ1n) is 7.63. The summed E-state index contributed by atoms with van der Waals surface area (Å²) in [6.45, 7) is 3.02. The summed E-state index contributed by atoms with van der Waals surface area (Å²) in [7, 11) is 1.55. The van der Waals surface area contributed by atoms with E-state index in [1.54, 1.807) is 30.2 Å². The minimum atomic E-state index is -0.126. The van der Waals surface area contributed by atoms with Crippen LogP contribution in [0.2, 0.25) is 0 Å². The van der Waals surface area contributed by atoms with Crippen LogP contribution in [-0.2, 0) is 0 Å². The van der Waals surface area contributed by atoms with E-state index in [2.05, 4.69) is 27.3 Å². The van der Waals surface area contributed by atoms with E-state index in [-0.39, 0.29) is 6.03 Å². The molecule has 23 heavy (non-hydrogen) atoms. The summed E-state index contributed by atoms with van der Waals surface area (Å²) in [4.78, 5) is 20.6. The highest BCUT2D eigenvalue weighted by Crippen LogP contribution is 2.16. The van der Waals surface area contributed by atoms with Crippen LogP contribution in [-0.4, -0.2) is 49.2 Å². The number of urea groups is 1. The van der Waals surface area contributed by atoms with Gasteiger partial charge >= 0.3 is 6.03 Å². The van der Waals surface area contributed by atoms with Gasteiger partial charge in [-0.2, -0.15) is 4.98 Å². The van der Waals surface area contributed by atoms with E-state index in [1.807, 2.05) is 18.2 Å². The molecular weight excluding hydrogens is 292 g/mol. The number of pyridine rings is 1. The van der Waals surface area contributed by atoms with Crippen LogP contribution in [0.4, 0.5) is 16.3 Å². The van der Waals surface area contributed by atoms with Crippen molar-refractivity contribution < 1.29 is 9.53 Å². The van der Waals surface area contributed by atoms with Crippen LogP contribution in [0.1, 0.15) is 0 Å². The van der Waals surface area contributed by atoms with Gasteiger partial charge in [-0.15, -0.1) is 0 Å². The molecule has 120 valence electrons. The summed E-state index contributed by atoms with van der Waals surface area (Å²) in [5.41, 5.74) is 1.20. The molecule has 0 atom stereocenters. The van der Waals surface area contributed by atoms with Crippen molar-refractivity contribution in [2.45, 2.75) is 0 Å². The van der Waals surface area contributed by atoms with E-state index < -0.39 is 0 Å². The minimum Gasteiger partial charge on any atom is -0.481 e. The normalized spacial score (nSPS) is 14.5. The van der Waals surface area contributed by atoms with Crippen molar-refractivity contribution in [3.8, 4) is 5.88 Å². The largest absolute Gasteiger partial charge is 0.481 e. The first-order valence-corrected chi connectivity index (χ1v) is 7.63. The van der Waals surface area contributed by atoms with Crippen molar-refractivity contribution in [3.05, 3.63) is 48.5 Å². The first kappa shape index (κ1) is 15.1. The molecule has 2 heterocycles. The number of para-hydroxylation sites is 1.